The van der Waals surface area contributed by atoms with E-state index >= 15 is 0 Å². The first-order chi connectivity index (χ1) is 7.84. The van der Waals surface area contributed by atoms with E-state index in [1.165, 1.54) is 0 Å². The number of halogens is 1. The lowest BCUT2D eigenvalue weighted by atomic mass is 10.1. The molecule has 1 heterocycles. The normalized spacial score (nSPS) is 11.9. The van der Waals surface area contributed by atoms with Crippen LogP contribution in [0.5, 0.6) is 0 Å². The van der Waals surface area contributed by atoms with E-state index in [1.54, 1.807) is 7.11 Å². The zero-order chi connectivity index (χ0) is 13.1. The van der Waals surface area contributed by atoms with E-state index in [1.807, 2.05) is 6.07 Å². The summed E-state index contributed by atoms with van der Waals surface area (Å²) in [5.74, 6) is 1.95. The van der Waals surface area contributed by atoms with Gasteiger partial charge in [0.15, 0.2) is 0 Å². The van der Waals surface area contributed by atoms with Crippen molar-refractivity contribution in [3.8, 4) is 0 Å². The first-order valence-corrected chi connectivity index (χ1v) is 6.45. The standard InChI is InChI=1S/C12H20BrN3O/c1-8(2)11-14-9(13)6-10(15-11)16-12(3,4)7-17-5/h6,8H,7H2,1-5H3,(H,14,15,16). The van der Waals surface area contributed by atoms with Crippen LogP contribution in [-0.4, -0.2) is 29.2 Å². The lowest BCUT2D eigenvalue weighted by Crippen LogP contribution is -2.36. The van der Waals surface area contributed by atoms with Crippen molar-refractivity contribution in [2.24, 2.45) is 0 Å². The van der Waals surface area contributed by atoms with Crippen LogP contribution in [0.2, 0.25) is 0 Å². The zero-order valence-corrected chi connectivity index (χ0v) is 12.6. The largest absolute Gasteiger partial charge is 0.382 e. The van der Waals surface area contributed by atoms with Gasteiger partial charge in [-0.1, -0.05) is 13.8 Å². The van der Waals surface area contributed by atoms with Crippen LogP contribution in [0.4, 0.5) is 5.82 Å². The van der Waals surface area contributed by atoms with Crippen LogP contribution in [0.25, 0.3) is 0 Å². The molecule has 0 amide bonds. The predicted octanol–water partition coefficient (Wildman–Crippen LogP) is 3.20. The summed E-state index contributed by atoms with van der Waals surface area (Å²) in [5.41, 5.74) is -0.156. The molecule has 1 aromatic heterocycles. The highest BCUT2D eigenvalue weighted by Gasteiger charge is 2.18. The topological polar surface area (TPSA) is 47.0 Å². The fourth-order valence-corrected chi connectivity index (χ4v) is 1.90. The third-order valence-corrected chi connectivity index (χ3v) is 2.61. The van der Waals surface area contributed by atoms with Gasteiger partial charge in [0.25, 0.3) is 0 Å². The second-order valence-corrected chi connectivity index (χ2v) is 5.84. The minimum absolute atomic E-state index is 0.156. The van der Waals surface area contributed by atoms with Crippen LogP contribution < -0.4 is 5.32 Å². The Morgan fingerprint density at radius 1 is 1.41 bits per heavy atom. The molecule has 0 saturated heterocycles. The summed E-state index contributed by atoms with van der Waals surface area (Å²) in [7, 11) is 1.69. The van der Waals surface area contributed by atoms with Gasteiger partial charge in [0.1, 0.15) is 16.2 Å². The average Bonchev–Trinajstić information content (AvgIpc) is 2.15. The minimum atomic E-state index is -0.156. The van der Waals surface area contributed by atoms with Crippen LogP contribution in [0.3, 0.4) is 0 Å². The number of ether oxygens (including phenoxy) is 1. The first-order valence-electron chi connectivity index (χ1n) is 5.65. The molecule has 0 aliphatic carbocycles. The Morgan fingerprint density at radius 3 is 2.59 bits per heavy atom. The number of anilines is 1. The van der Waals surface area contributed by atoms with Gasteiger partial charge < -0.3 is 10.1 Å². The van der Waals surface area contributed by atoms with Crippen molar-refractivity contribution in [2.45, 2.75) is 39.2 Å². The molecule has 0 unspecified atom stereocenters. The highest BCUT2D eigenvalue weighted by atomic mass is 79.9. The number of methoxy groups -OCH3 is 1. The van der Waals surface area contributed by atoms with E-state index < -0.39 is 0 Å². The van der Waals surface area contributed by atoms with Gasteiger partial charge in [-0.15, -0.1) is 0 Å². The summed E-state index contributed by atoms with van der Waals surface area (Å²) >= 11 is 3.41. The van der Waals surface area contributed by atoms with Crippen molar-refractivity contribution in [2.75, 3.05) is 19.0 Å². The Balaban J connectivity index is 2.91. The van der Waals surface area contributed by atoms with Crippen LogP contribution in [0.1, 0.15) is 39.4 Å². The summed E-state index contributed by atoms with van der Waals surface area (Å²) in [6.45, 7) is 8.91. The van der Waals surface area contributed by atoms with Gasteiger partial charge in [-0.2, -0.15) is 0 Å². The van der Waals surface area contributed by atoms with Crippen molar-refractivity contribution < 1.29 is 4.74 Å². The molecule has 17 heavy (non-hydrogen) atoms. The van der Waals surface area contributed by atoms with Gasteiger partial charge in [0.2, 0.25) is 0 Å². The van der Waals surface area contributed by atoms with Gasteiger partial charge in [0.05, 0.1) is 12.1 Å². The summed E-state index contributed by atoms with van der Waals surface area (Å²) < 4.78 is 5.97. The third-order valence-electron chi connectivity index (χ3n) is 2.20. The Labute approximate surface area is 111 Å². The SMILES string of the molecule is COCC(C)(C)Nc1cc(Br)nc(C(C)C)n1. The van der Waals surface area contributed by atoms with Gasteiger partial charge in [-0.05, 0) is 29.8 Å². The van der Waals surface area contributed by atoms with E-state index in [2.05, 4.69) is 58.9 Å². The van der Waals surface area contributed by atoms with Crippen LogP contribution in [0, 0.1) is 0 Å². The molecule has 1 rings (SSSR count). The average molecular weight is 302 g/mol. The van der Waals surface area contributed by atoms with E-state index in [9.17, 15) is 0 Å². The predicted molar refractivity (Wildman–Crippen MR) is 73.4 cm³/mol. The summed E-state index contributed by atoms with van der Waals surface area (Å²) in [6.07, 6.45) is 0. The molecule has 96 valence electrons. The highest BCUT2D eigenvalue weighted by molar-refractivity contribution is 9.10. The minimum Gasteiger partial charge on any atom is -0.382 e. The Hall–Kier alpha value is -0.680. The molecular formula is C12H20BrN3O. The second-order valence-electron chi connectivity index (χ2n) is 5.03. The lowest BCUT2D eigenvalue weighted by Gasteiger charge is -2.26. The van der Waals surface area contributed by atoms with Gasteiger partial charge >= 0.3 is 0 Å². The molecule has 0 spiro atoms. The molecular weight excluding hydrogens is 282 g/mol. The maximum Gasteiger partial charge on any atom is 0.134 e. The summed E-state index contributed by atoms with van der Waals surface area (Å²) in [4.78, 5) is 8.84. The molecule has 0 aromatic carbocycles. The maximum atomic E-state index is 5.17. The first kappa shape index (κ1) is 14.4. The molecule has 0 atom stereocenters. The van der Waals surface area contributed by atoms with Crippen molar-refractivity contribution in [3.63, 3.8) is 0 Å². The molecule has 1 N–H and O–H groups in total. The number of hydrogen-bond donors (Lipinski definition) is 1. The monoisotopic (exact) mass is 301 g/mol. The smallest absolute Gasteiger partial charge is 0.134 e. The quantitative estimate of drug-likeness (QED) is 0.849. The van der Waals surface area contributed by atoms with Crippen molar-refractivity contribution in [1.82, 2.24) is 9.97 Å². The number of nitrogens with one attached hydrogen (secondary N) is 1. The lowest BCUT2D eigenvalue weighted by molar-refractivity contribution is 0.158. The summed E-state index contributed by atoms with van der Waals surface area (Å²) in [6, 6.07) is 1.88. The number of aromatic nitrogens is 2. The second kappa shape index (κ2) is 5.78. The molecule has 0 aliphatic heterocycles. The highest BCUT2D eigenvalue weighted by Crippen LogP contribution is 2.20. The summed E-state index contributed by atoms with van der Waals surface area (Å²) in [5, 5.41) is 3.35. The molecule has 5 heteroatoms. The molecule has 0 aliphatic rings. The van der Waals surface area contributed by atoms with E-state index in [-0.39, 0.29) is 5.54 Å². The van der Waals surface area contributed by atoms with E-state index in [0.717, 1.165) is 16.2 Å². The molecule has 0 fully saturated rings. The van der Waals surface area contributed by atoms with Crippen molar-refractivity contribution >= 4 is 21.7 Å². The Bertz CT molecular complexity index is 380. The molecule has 0 bridgehead atoms. The molecule has 0 radical (unpaired) electrons. The molecule has 0 saturated carbocycles. The Morgan fingerprint density at radius 2 is 2.06 bits per heavy atom. The fourth-order valence-electron chi connectivity index (χ4n) is 1.50. The number of nitrogens with zero attached hydrogens (tertiary/aromatic N) is 2. The van der Waals surface area contributed by atoms with Crippen molar-refractivity contribution in [1.29, 1.82) is 0 Å². The maximum absolute atomic E-state index is 5.17. The Kier molecular flexibility index (Phi) is 4.89. The fraction of sp³-hybridized carbons (Fsp3) is 0.667. The zero-order valence-electron chi connectivity index (χ0n) is 11.0. The van der Waals surface area contributed by atoms with E-state index in [0.29, 0.717) is 12.5 Å². The van der Waals surface area contributed by atoms with E-state index in [4.69, 9.17) is 4.74 Å². The van der Waals surface area contributed by atoms with Crippen LogP contribution in [-0.2, 0) is 4.74 Å². The number of rotatable bonds is 5. The van der Waals surface area contributed by atoms with Crippen LogP contribution in [0.15, 0.2) is 10.7 Å². The molecule has 1 aromatic rings. The molecule has 4 nitrogen and oxygen atoms in total. The van der Waals surface area contributed by atoms with Crippen LogP contribution >= 0.6 is 15.9 Å². The van der Waals surface area contributed by atoms with Gasteiger partial charge in [0, 0.05) is 19.1 Å². The van der Waals surface area contributed by atoms with Gasteiger partial charge in [-0.25, -0.2) is 9.97 Å². The third kappa shape index (κ3) is 4.60. The van der Waals surface area contributed by atoms with Crippen molar-refractivity contribution in [3.05, 3.63) is 16.5 Å². The number of hydrogen-bond acceptors (Lipinski definition) is 4. The van der Waals surface area contributed by atoms with Gasteiger partial charge in [-0.3, -0.25) is 0 Å².